The molecule has 0 atom stereocenters. The summed E-state index contributed by atoms with van der Waals surface area (Å²) in [5, 5.41) is 0. The van der Waals surface area contributed by atoms with Crippen LogP contribution in [0.1, 0.15) is 28.3 Å². The molecular formula is C50H35N5O. The maximum atomic E-state index is 6.55. The number of nitrogens with one attached hydrogen (secondary N) is 2. The number of hydrogen-bond acceptors (Lipinski definition) is 4. The van der Waals surface area contributed by atoms with Crippen LogP contribution < -0.4 is 4.74 Å². The second-order valence-corrected chi connectivity index (χ2v) is 13.7. The Morgan fingerprint density at radius 1 is 0.411 bits per heavy atom. The van der Waals surface area contributed by atoms with Crippen molar-refractivity contribution in [1.82, 2.24) is 24.9 Å². The lowest BCUT2D eigenvalue weighted by Gasteiger charge is -2.13. The van der Waals surface area contributed by atoms with E-state index in [1.807, 2.05) is 54.7 Å². The molecule has 2 aliphatic rings. The summed E-state index contributed by atoms with van der Waals surface area (Å²) in [4.78, 5) is 22.8. The van der Waals surface area contributed by atoms with Gasteiger partial charge < -0.3 is 14.7 Å². The first kappa shape index (κ1) is 33.0. The molecule has 8 bridgehead atoms. The number of fused-ring (bicyclic) bond motifs is 8. The fourth-order valence-electron chi connectivity index (χ4n) is 7.66. The molecule has 0 fully saturated rings. The van der Waals surface area contributed by atoms with Crippen molar-refractivity contribution in [1.29, 1.82) is 0 Å². The van der Waals surface area contributed by atoms with Gasteiger partial charge in [-0.25, -0.2) is 9.97 Å². The van der Waals surface area contributed by atoms with E-state index < -0.39 is 0 Å². The number of benzene rings is 4. The second-order valence-electron chi connectivity index (χ2n) is 13.7. The zero-order chi connectivity index (χ0) is 37.3. The van der Waals surface area contributed by atoms with Crippen LogP contribution in [0.5, 0.6) is 5.75 Å². The van der Waals surface area contributed by atoms with E-state index in [1.54, 1.807) is 6.20 Å². The molecule has 4 aromatic heterocycles. The lowest BCUT2D eigenvalue weighted by Crippen LogP contribution is -1.98. The summed E-state index contributed by atoms with van der Waals surface area (Å²) in [6.07, 6.45) is 12.1. The highest BCUT2D eigenvalue weighted by Crippen LogP contribution is 2.40. The van der Waals surface area contributed by atoms with Crippen molar-refractivity contribution in [2.75, 3.05) is 0 Å². The molecule has 4 aromatic carbocycles. The summed E-state index contributed by atoms with van der Waals surface area (Å²) < 4.78 is 6.55. The Bertz CT molecular complexity index is 2910. The Labute approximate surface area is 324 Å². The highest BCUT2D eigenvalue weighted by molar-refractivity contribution is 6.00. The summed E-state index contributed by atoms with van der Waals surface area (Å²) >= 11 is 0. The van der Waals surface area contributed by atoms with E-state index in [0.717, 1.165) is 101 Å². The molecule has 0 unspecified atom stereocenters. The number of hydrogen-bond donors (Lipinski definition) is 2. The summed E-state index contributed by atoms with van der Waals surface area (Å²) in [5.41, 5.74) is 16.3. The summed E-state index contributed by atoms with van der Waals surface area (Å²) in [6.45, 7) is 0.383. The Morgan fingerprint density at radius 3 is 1.30 bits per heavy atom. The molecule has 0 saturated carbocycles. The molecule has 10 rings (SSSR count). The quantitative estimate of drug-likeness (QED) is 0.172. The molecule has 0 saturated heterocycles. The van der Waals surface area contributed by atoms with E-state index in [9.17, 15) is 0 Å². The molecule has 0 amide bonds. The Morgan fingerprint density at radius 2 is 0.839 bits per heavy atom. The normalized spacial score (nSPS) is 11.9. The zero-order valence-electron chi connectivity index (χ0n) is 30.4. The van der Waals surface area contributed by atoms with Crippen molar-refractivity contribution in [2.24, 2.45) is 0 Å². The predicted molar refractivity (Wildman–Crippen MR) is 229 cm³/mol. The van der Waals surface area contributed by atoms with E-state index in [4.69, 9.17) is 14.7 Å². The van der Waals surface area contributed by atoms with Gasteiger partial charge in [-0.15, -0.1) is 0 Å². The van der Waals surface area contributed by atoms with Gasteiger partial charge in [-0.3, -0.25) is 4.98 Å². The number of ether oxygens (including phenoxy) is 1. The minimum atomic E-state index is 0.383. The summed E-state index contributed by atoms with van der Waals surface area (Å²) in [6, 6.07) is 52.1. The molecule has 266 valence electrons. The van der Waals surface area contributed by atoms with E-state index in [1.165, 1.54) is 0 Å². The molecule has 6 heterocycles. The number of para-hydroxylation sites is 1. The third-order valence-corrected chi connectivity index (χ3v) is 10.2. The Kier molecular flexibility index (Phi) is 8.46. The van der Waals surface area contributed by atoms with Crippen LogP contribution in [0.15, 0.2) is 164 Å². The smallest absolute Gasteiger partial charge is 0.127 e. The van der Waals surface area contributed by atoms with Crippen LogP contribution in [0.25, 0.3) is 90.9 Å². The number of rotatable bonds is 7. The van der Waals surface area contributed by atoms with Crippen LogP contribution >= 0.6 is 0 Å². The van der Waals surface area contributed by atoms with Crippen molar-refractivity contribution in [2.45, 2.75) is 6.61 Å². The van der Waals surface area contributed by atoms with Gasteiger partial charge in [-0.05, 0) is 77.4 Å². The summed E-state index contributed by atoms with van der Waals surface area (Å²) in [7, 11) is 0. The second kappa shape index (κ2) is 14.3. The molecule has 56 heavy (non-hydrogen) atoms. The van der Waals surface area contributed by atoms with Crippen molar-refractivity contribution >= 4 is 46.4 Å². The van der Waals surface area contributed by atoms with Gasteiger partial charge in [0.2, 0.25) is 0 Å². The lowest BCUT2D eigenvalue weighted by molar-refractivity contribution is 0.307. The van der Waals surface area contributed by atoms with Crippen molar-refractivity contribution in [3.05, 3.63) is 192 Å². The largest absolute Gasteiger partial charge is 0.488 e. The fourth-order valence-corrected chi connectivity index (χ4v) is 7.66. The van der Waals surface area contributed by atoms with Crippen molar-refractivity contribution in [3.63, 3.8) is 0 Å². The van der Waals surface area contributed by atoms with Crippen LogP contribution in [-0.2, 0) is 6.61 Å². The van der Waals surface area contributed by atoms with E-state index in [0.29, 0.717) is 6.61 Å². The van der Waals surface area contributed by atoms with Gasteiger partial charge in [0.25, 0.3) is 0 Å². The van der Waals surface area contributed by atoms with Gasteiger partial charge >= 0.3 is 0 Å². The van der Waals surface area contributed by atoms with Crippen LogP contribution in [0.2, 0.25) is 0 Å². The van der Waals surface area contributed by atoms with Gasteiger partial charge in [-0.2, -0.15) is 0 Å². The van der Waals surface area contributed by atoms with Crippen molar-refractivity contribution < 1.29 is 4.74 Å². The number of nitrogens with zero attached hydrogens (tertiary/aromatic N) is 3. The molecular weight excluding hydrogens is 687 g/mol. The van der Waals surface area contributed by atoms with Gasteiger partial charge in [0.1, 0.15) is 12.4 Å². The molecule has 6 heteroatoms. The third kappa shape index (κ3) is 6.19. The Hall–Kier alpha value is -7.57. The SMILES string of the molecule is C1=Cc2nc1c(-c1ccccc1)c1ccc([nH]1)c(-c1ccccc1)c1nc(c(-c3ccccc3OCc3cccnc3)c3ccc([nH]3)c2-c2ccccc2)C=C1. The molecule has 2 aliphatic heterocycles. The average Bonchev–Trinajstić information content (AvgIpc) is 4.10. The monoisotopic (exact) mass is 721 g/mol. The third-order valence-electron chi connectivity index (χ3n) is 10.2. The van der Waals surface area contributed by atoms with Gasteiger partial charge in [0, 0.05) is 67.8 Å². The fraction of sp³-hybridized carbons (Fsp3) is 0.0200. The first-order valence-corrected chi connectivity index (χ1v) is 18.7. The molecule has 2 N–H and O–H groups in total. The van der Waals surface area contributed by atoms with Crippen LogP contribution in [0, 0.1) is 0 Å². The highest BCUT2D eigenvalue weighted by atomic mass is 16.5. The zero-order valence-corrected chi connectivity index (χ0v) is 30.4. The summed E-state index contributed by atoms with van der Waals surface area (Å²) in [5.74, 6) is 0.751. The van der Waals surface area contributed by atoms with Gasteiger partial charge in [-0.1, -0.05) is 115 Å². The standard InChI is InChI=1S/C50H35N5O/c1-4-14-34(15-5-1)47-38-22-24-40(52-38)48(35-16-6-2-7-17-35)42-26-28-44(54-42)50(37-20-10-11-21-46(37)56-32-33-13-12-30-51-31-33)45-29-27-43(55-45)49(36-18-8-3-9-19-36)41-25-23-39(47)53-41/h1-31,52,55H,32H2. The number of H-pyrrole nitrogens is 2. The first-order valence-electron chi connectivity index (χ1n) is 18.7. The topological polar surface area (TPSA) is 79.5 Å². The predicted octanol–water partition coefficient (Wildman–Crippen LogP) is 12.3. The number of aromatic amines is 2. The van der Waals surface area contributed by atoms with Crippen molar-refractivity contribution in [3.8, 4) is 50.3 Å². The molecule has 0 spiro atoms. The Balaban J connectivity index is 1.33. The van der Waals surface area contributed by atoms with Crippen LogP contribution in [-0.4, -0.2) is 24.9 Å². The highest BCUT2D eigenvalue weighted by Gasteiger charge is 2.20. The minimum Gasteiger partial charge on any atom is -0.488 e. The van der Waals surface area contributed by atoms with Crippen LogP contribution in [0.4, 0.5) is 0 Å². The number of pyridine rings is 1. The molecule has 0 radical (unpaired) electrons. The van der Waals surface area contributed by atoms with E-state index in [-0.39, 0.29) is 0 Å². The molecule has 6 nitrogen and oxygen atoms in total. The number of aromatic nitrogens is 5. The maximum absolute atomic E-state index is 6.55. The maximum Gasteiger partial charge on any atom is 0.127 e. The lowest BCUT2D eigenvalue weighted by atomic mass is 10.0. The van der Waals surface area contributed by atoms with Gasteiger partial charge in [0.05, 0.1) is 22.8 Å². The minimum absolute atomic E-state index is 0.383. The first-order chi connectivity index (χ1) is 27.8. The van der Waals surface area contributed by atoms with E-state index >= 15 is 0 Å². The van der Waals surface area contributed by atoms with E-state index in [2.05, 4.69) is 142 Å². The average molecular weight is 722 g/mol. The van der Waals surface area contributed by atoms with Gasteiger partial charge in [0.15, 0.2) is 0 Å². The molecule has 0 aliphatic carbocycles. The van der Waals surface area contributed by atoms with Crippen LogP contribution in [0.3, 0.4) is 0 Å². The molecule has 8 aromatic rings.